The molecule has 10 nitrogen and oxygen atoms in total. The molecule has 1 atom stereocenters. The Morgan fingerprint density at radius 2 is 2.07 bits per heavy atom. The highest BCUT2D eigenvalue weighted by Crippen LogP contribution is 2.20. The van der Waals surface area contributed by atoms with Gasteiger partial charge in [-0.15, -0.1) is 4.83 Å². The molecule has 0 aromatic heterocycles. The number of allylic oxidation sites excluding steroid dienone is 1. The average molecular weight is 400 g/mol. The predicted octanol–water partition coefficient (Wildman–Crippen LogP) is -0.776. The van der Waals surface area contributed by atoms with Gasteiger partial charge in [-0.1, -0.05) is 6.08 Å². The lowest BCUT2D eigenvalue weighted by molar-refractivity contribution is -0.153. The molecule has 1 saturated heterocycles. The Bertz CT molecular complexity index is 761. The number of ether oxygens (including phenoxy) is 1. The van der Waals surface area contributed by atoms with Crippen molar-refractivity contribution in [3.63, 3.8) is 0 Å². The molecule has 0 aromatic carbocycles. The molecule has 2 amide bonds. The third kappa shape index (κ3) is 6.07. The summed E-state index contributed by atoms with van der Waals surface area (Å²) in [6.07, 6.45) is 7.35. The molecule has 2 rings (SSSR count). The molecule has 0 saturated carbocycles. The van der Waals surface area contributed by atoms with E-state index in [-0.39, 0.29) is 19.1 Å². The zero-order valence-electron chi connectivity index (χ0n) is 15.3. The fraction of sp³-hybridized carbons (Fsp3) is 0.562. The largest absolute Gasteiger partial charge is 0.464 e. The zero-order chi connectivity index (χ0) is 20.0. The van der Waals surface area contributed by atoms with Crippen LogP contribution in [0.25, 0.3) is 0 Å². The summed E-state index contributed by atoms with van der Waals surface area (Å²) in [4.78, 5) is 41.5. The molecule has 11 heteroatoms. The van der Waals surface area contributed by atoms with Gasteiger partial charge in [-0.05, 0) is 26.2 Å². The van der Waals surface area contributed by atoms with Gasteiger partial charge in [0.15, 0.2) is 0 Å². The molecule has 0 aromatic rings. The highest BCUT2D eigenvalue weighted by molar-refractivity contribution is 7.88. The van der Waals surface area contributed by atoms with Crippen molar-refractivity contribution in [3.05, 3.63) is 24.0 Å². The summed E-state index contributed by atoms with van der Waals surface area (Å²) in [7, 11) is -3.57. The van der Waals surface area contributed by atoms with Crippen LogP contribution in [0.2, 0.25) is 0 Å². The Morgan fingerprint density at radius 1 is 1.33 bits per heavy atom. The number of nitrogens with zero attached hydrogens (tertiary/aromatic N) is 2. The zero-order valence-corrected chi connectivity index (χ0v) is 16.1. The molecule has 0 radical (unpaired) electrons. The molecule has 1 unspecified atom stereocenters. The van der Waals surface area contributed by atoms with E-state index < -0.39 is 27.9 Å². The Kier molecular flexibility index (Phi) is 6.97. The lowest BCUT2D eigenvalue weighted by Gasteiger charge is -2.27. The normalized spacial score (nSPS) is 19.6. The number of rotatable bonds is 7. The van der Waals surface area contributed by atoms with Crippen LogP contribution in [0, 0.1) is 0 Å². The second-order valence-electron chi connectivity index (χ2n) is 6.24. The minimum absolute atomic E-state index is 0.0390. The Balaban J connectivity index is 1.97. The topological polar surface area (TPSA) is 125 Å². The first kappa shape index (κ1) is 20.9. The van der Waals surface area contributed by atoms with Gasteiger partial charge < -0.3 is 14.5 Å². The summed E-state index contributed by atoms with van der Waals surface area (Å²) in [5, 5.41) is 0. The van der Waals surface area contributed by atoms with Crippen LogP contribution in [0.3, 0.4) is 0 Å². The van der Waals surface area contributed by atoms with Crippen LogP contribution in [-0.2, 0) is 29.1 Å². The van der Waals surface area contributed by atoms with Crippen LogP contribution in [0.1, 0.15) is 26.2 Å². The van der Waals surface area contributed by atoms with Crippen molar-refractivity contribution in [2.24, 2.45) is 0 Å². The summed E-state index contributed by atoms with van der Waals surface area (Å²) in [5.41, 5.74) is 2.39. The van der Waals surface area contributed by atoms with E-state index in [0.717, 1.165) is 12.7 Å². The first-order valence-electron chi connectivity index (χ1n) is 8.57. The van der Waals surface area contributed by atoms with Gasteiger partial charge >= 0.3 is 5.97 Å². The molecule has 2 N–H and O–H groups in total. The molecule has 2 heterocycles. The molecule has 0 spiro atoms. The van der Waals surface area contributed by atoms with Crippen LogP contribution >= 0.6 is 0 Å². The van der Waals surface area contributed by atoms with Crippen molar-refractivity contribution in [2.75, 3.05) is 26.0 Å². The van der Waals surface area contributed by atoms with E-state index in [0.29, 0.717) is 25.0 Å². The van der Waals surface area contributed by atoms with E-state index >= 15 is 0 Å². The number of hydrogen-bond donors (Lipinski definition) is 2. The predicted molar refractivity (Wildman–Crippen MR) is 96.0 cm³/mol. The Labute approximate surface area is 158 Å². The van der Waals surface area contributed by atoms with E-state index in [2.05, 4.69) is 5.43 Å². The number of amides is 2. The number of carbonyl (C=O) groups is 3. The number of sulfonamides is 1. The quantitative estimate of drug-likeness (QED) is 0.424. The molecular weight excluding hydrogens is 376 g/mol. The summed E-state index contributed by atoms with van der Waals surface area (Å²) in [6.45, 7) is 2.42. The van der Waals surface area contributed by atoms with E-state index in [4.69, 9.17) is 4.74 Å². The molecular formula is C16H24N4O6S. The summed E-state index contributed by atoms with van der Waals surface area (Å²) >= 11 is 0. The standard InChI is InChI=1S/C16H24N4O6S/c1-3-26-16(23)13-7-5-9-20(13)14(21)11-19-8-4-6-12(10-19)15(22)17-18-27(2,24)25/h4,8,10,13,18H,3,5-7,9,11H2,1-2H3,(H,17,22). The maximum Gasteiger partial charge on any atom is 0.328 e. The molecule has 27 heavy (non-hydrogen) atoms. The monoisotopic (exact) mass is 400 g/mol. The van der Waals surface area contributed by atoms with Gasteiger partial charge in [0.05, 0.1) is 12.9 Å². The van der Waals surface area contributed by atoms with Crippen LogP contribution in [0.5, 0.6) is 0 Å². The second-order valence-corrected chi connectivity index (χ2v) is 7.99. The van der Waals surface area contributed by atoms with Gasteiger partial charge in [-0.25, -0.2) is 13.2 Å². The van der Waals surface area contributed by atoms with Gasteiger partial charge in [-0.2, -0.15) is 0 Å². The van der Waals surface area contributed by atoms with Crippen molar-refractivity contribution in [1.82, 2.24) is 20.1 Å². The molecule has 0 aliphatic carbocycles. The van der Waals surface area contributed by atoms with Crippen molar-refractivity contribution in [2.45, 2.75) is 32.2 Å². The highest BCUT2D eigenvalue weighted by atomic mass is 32.2. The Morgan fingerprint density at radius 3 is 2.74 bits per heavy atom. The third-order valence-corrected chi connectivity index (χ3v) is 4.52. The number of hydrogen-bond acceptors (Lipinski definition) is 7. The van der Waals surface area contributed by atoms with E-state index in [1.165, 1.54) is 16.0 Å². The highest BCUT2D eigenvalue weighted by Gasteiger charge is 2.35. The first-order valence-corrected chi connectivity index (χ1v) is 10.5. The van der Waals surface area contributed by atoms with Crippen LogP contribution < -0.4 is 10.3 Å². The fourth-order valence-electron chi connectivity index (χ4n) is 2.88. The molecule has 1 fully saturated rings. The van der Waals surface area contributed by atoms with Gasteiger partial charge in [-0.3, -0.25) is 15.0 Å². The maximum atomic E-state index is 12.6. The Hall–Kier alpha value is -2.40. The summed E-state index contributed by atoms with van der Waals surface area (Å²) < 4.78 is 27.1. The molecule has 0 bridgehead atoms. The molecule has 2 aliphatic rings. The fourth-order valence-corrected chi connectivity index (χ4v) is 3.15. The maximum absolute atomic E-state index is 12.6. The third-order valence-electron chi connectivity index (χ3n) is 4.05. The minimum atomic E-state index is -3.57. The smallest absolute Gasteiger partial charge is 0.328 e. The lowest BCUT2D eigenvalue weighted by atomic mass is 10.1. The number of carbonyl (C=O) groups excluding carboxylic acids is 3. The minimum Gasteiger partial charge on any atom is -0.464 e. The first-order chi connectivity index (χ1) is 12.7. The van der Waals surface area contributed by atoms with Gasteiger partial charge in [0, 0.05) is 24.5 Å². The van der Waals surface area contributed by atoms with Crippen molar-refractivity contribution in [1.29, 1.82) is 0 Å². The van der Waals surface area contributed by atoms with Gasteiger partial charge in [0.1, 0.15) is 12.6 Å². The number of esters is 1. The number of likely N-dealkylation sites (tertiary alicyclic amines) is 1. The van der Waals surface area contributed by atoms with E-state index in [1.54, 1.807) is 19.2 Å². The van der Waals surface area contributed by atoms with Crippen molar-refractivity contribution >= 4 is 27.8 Å². The van der Waals surface area contributed by atoms with Crippen molar-refractivity contribution in [3.8, 4) is 0 Å². The van der Waals surface area contributed by atoms with Crippen molar-refractivity contribution < 1.29 is 27.5 Å². The van der Waals surface area contributed by atoms with Gasteiger partial charge in [0.2, 0.25) is 15.9 Å². The number of hydrazine groups is 1. The van der Waals surface area contributed by atoms with E-state index in [9.17, 15) is 22.8 Å². The summed E-state index contributed by atoms with van der Waals surface area (Å²) in [6, 6.07) is -0.572. The van der Waals surface area contributed by atoms with Crippen LogP contribution in [0.15, 0.2) is 24.0 Å². The summed E-state index contributed by atoms with van der Waals surface area (Å²) in [5.74, 6) is -1.25. The average Bonchev–Trinajstić information content (AvgIpc) is 3.09. The van der Waals surface area contributed by atoms with Gasteiger partial charge in [0.25, 0.3) is 5.91 Å². The SMILES string of the molecule is CCOC(=O)C1CCCN1C(=O)CN1C=CCC(C(=O)NNS(C)(=O)=O)=C1. The molecule has 2 aliphatic heterocycles. The van der Waals surface area contributed by atoms with E-state index in [1.807, 2.05) is 4.83 Å². The van der Waals surface area contributed by atoms with Crippen LogP contribution in [0.4, 0.5) is 0 Å². The number of nitrogens with one attached hydrogen (secondary N) is 2. The second kappa shape index (κ2) is 9.00. The van der Waals surface area contributed by atoms with Crippen LogP contribution in [-0.4, -0.2) is 68.0 Å². The lowest BCUT2D eigenvalue weighted by Crippen LogP contribution is -2.45. The molecule has 150 valence electrons.